The van der Waals surface area contributed by atoms with E-state index in [0.29, 0.717) is 13.2 Å². The molecule has 4 nitrogen and oxygen atoms in total. The molecule has 160 valence electrons. The standard InChI is InChI=1S/C28H26N2O2/c1-2-32-25-19-17-24(18-20-25)30(21-9-12-22-10-4-3-5-11-22)28(31)29-27-16-8-14-23-13-6-7-15-26(23)27/h3-20H,2,21H2,1H3,(H,29,31)/b12-9+. The van der Waals surface area contributed by atoms with Gasteiger partial charge in [0.05, 0.1) is 12.3 Å². The minimum Gasteiger partial charge on any atom is -0.494 e. The quantitative estimate of drug-likeness (QED) is 0.349. The maximum atomic E-state index is 13.4. The molecule has 0 aliphatic carbocycles. The Labute approximate surface area is 188 Å². The monoisotopic (exact) mass is 422 g/mol. The van der Waals surface area contributed by atoms with E-state index in [1.165, 1.54) is 0 Å². The van der Waals surface area contributed by atoms with Gasteiger partial charge >= 0.3 is 6.03 Å². The SMILES string of the molecule is CCOc1ccc(N(C/C=C/c2ccccc2)C(=O)Nc2cccc3ccccc23)cc1. The van der Waals surface area contributed by atoms with E-state index in [1.807, 2.05) is 116 Å². The van der Waals surface area contributed by atoms with Crippen LogP contribution in [0.2, 0.25) is 0 Å². The van der Waals surface area contributed by atoms with Gasteiger partial charge in [0.15, 0.2) is 0 Å². The molecule has 0 aliphatic heterocycles. The molecular weight excluding hydrogens is 396 g/mol. The van der Waals surface area contributed by atoms with E-state index in [1.54, 1.807) is 4.90 Å². The van der Waals surface area contributed by atoms with Crippen molar-refractivity contribution >= 4 is 34.3 Å². The first kappa shape index (κ1) is 21.2. The lowest BCUT2D eigenvalue weighted by atomic mass is 10.1. The summed E-state index contributed by atoms with van der Waals surface area (Å²) in [6, 6.07) is 31.4. The minimum atomic E-state index is -0.191. The van der Waals surface area contributed by atoms with Crippen molar-refractivity contribution in [2.45, 2.75) is 6.92 Å². The maximum Gasteiger partial charge on any atom is 0.326 e. The minimum absolute atomic E-state index is 0.191. The molecule has 0 aliphatic rings. The number of nitrogens with zero attached hydrogens (tertiary/aromatic N) is 1. The molecule has 1 N–H and O–H groups in total. The van der Waals surface area contributed by atoms with Gasteiger partial charge in [0.2, 0.25) is 0 Å². The predicted octanol–water partition coefficient (Wildman–Crippen LogP) is 6.99. The van der Waals surface area contributed by atoms with Crippen molar-refractivity contribution in [3.05, 3.63) is 109 Å². The lowest BCUT2D eigenvalue weighted by molar-refractivity contribution is 0.257. The molecule has 0 saturated carbocycles. The van der Waals surface area contributed by atoms with Crippen LogP contribution in [0.25, 0.3) is 16.8 Å². The van der Waals surface area contributed by atoms with E-state index in [9.17, 15) is 4.79 Å². The summed E-state index contributed by atoms with van der Waals surface area (Å²) in [5.41, 5.74) is 2.67. The fourth-order valence-corrected chi connectivity index (χ4v) is 3.57. The van der Waals surface area contributed by atoms with Crippen LogP contribution in [0.4, 0.5) is 16.2 Å². The molecule has 0 unspecified atom stereocenters. The number of carbonyl (C=O) groups is 1. The number of rotatable bonds is 7. The van der Waals surface area contributed by atoms with Crippen molar-refractivity contribution in [3.8, 4) is 5.75 Å². The number of ether oxygens (including phenoxy) is 1. The lowest BCUT2D eigenvalue weighted by Gasteiger charge is -2.23. The molecule has 0 fully saturated rings. The molecule has 32 heavy (non-hydrogen) atoms. The van der Waals surface area contributed by atoms with Gasteiger partial charge in [-0.2, -0.15) is 0 Å². The Morgan fingerprint density at radius 3 is 2.38 bits per heavy atom. The largest absolute Gasteiger partial charge is 0.494 e. The highest BCUT2D eigenvalue weighted by atomic mass is 16.5. The number of hydrogen-bond donors (Lipinski definition) is 1. The third-order valence-corrected chi connectivity index (χ3v) is 5.13. The summed E-state index contributed by atoms with van der Waals surface area (Å²) in [5.74, 6) is 0.783. The topological polar surface area (TPSA) is 41.6 Å². The highest BCUT2D eigenvalue weighted by Crippen LogP contribution is 2.25. The van der Waals surface area contributed by atoms with Crippen LogP contribution in [0, 0.1) is 0 Å². The third-order valence-electron chi connectivity index (χ3n) is 5.13. The summed E-state index contributed by atoms with van der Waals surface area (Å²) < 4.78 is 5.55. The lowest BCUT2D eigenvalue weighted by Crippen LogP contribution is -2.35. The van der Waals surface area contributed by atoms with Crippen molar-refractivity contribution in [2.75, 3.05) is 23.4 Å². The Balaban J connectivity index is 1.59. The number of benzene rings is 4. The second kappa shape index (κ2) is 10.3. The zero-order valence-electron chi connectivity index (χ0n) is 18.1. The molecule has 2 amide bonds. The molecule has 4 rings (SSSR count). The van der Waals surface area contributed by atoms with Crippen LogP contribution < -0.4 is 15.0 Å². The first-order valence-electron chi connectivity index (χ1n) is 10.8. The summed E-state index contributed by atoms with van der Waals surface area (Å²) in [4.78, 5) is 15.1. The molecule has 0 radical (unpaired) electrons. The predicted molar refractivity (Wildman–Crippen MR) is 133 cm³/mol. The third kappa shape index (κ3) is 5.16. The fourth-order valence-electron chi connectivity index (χ4n) is 3.57. The highest BCUT2D eigenvalue weighted by Gasteiger charge is 2.16. The van der Waals surface area contributed by atoms with E-state index in [4.69, 9.17) is 4.74 Å². The molecule has 0 spiro atoms. The maximum absolute atomic E-state index is 13.4. The molecule has 4 heteroatoms. The van der Waals surface area contributed by atoms with E-state index in [2.05, 4.69) is 5.32 Å². The molecule has 0 saturated heterocycles. The van der Waals surface area contributed by atoms with Crippen molar-refractivity contribution < 1.29 is 9.53 Å². The van der Waals surface area contributed by atoms with Gasteiger partial charge in [0.1, 0.15) is 5.75 Å². The van der Waals surface area contributed by atoms with Gasteiger partial charge in [-0.25, -0.2) is 4.79 Å². The number of anilines is 2. The van der Waals surface area contributed by atoms with E-state index < -0.39 is 0 Å². The van der Waals surface area contributed by atoms with Gasteiger partial charge in [-0.1, -0.05) is 78.9 Å². The zero-order chi connectivity index (χ0) is 22.2. The van der Waals surface area contributed by atoms with Gasteiger partial charge in [-0.3, -0.25) is 4.90 Å². The first-order valence-corrected chi connectivity index (χ1v) is 10.8. The van der Waals surface area contributed by atoms with E-state index in [-0.39, 0.29) is 6.03 Å². The number of fused-ring (bicyclic) bond motifs is 1. The summed E-state index contributed by atoms with van der Waals surface area (Å²) in [7, 11) is 0. The van der Waals surface area contributed by atoms with Gasteiger partial charge in [0.25, 0.3) is 0 Å². The Hall–Kier alpha value is -4.05. The number of hydrogen-bond acceptors (Lipinski definition) is 2. The van der Waals surface area contributed by atoms with Crippen LogP contribution in [0.15, 0.2) is 103 Å². The van der Waals surface area contributed by atoms with Crippen LogP contribution in [-0.2, 0) is 0 Å². The number of nitrogens with one attached hydrogen (secondary N) is 1. The van der Waals surface area contributed by atoms with Crippen molar-refractivity contribution in [1.82, 2.24) is 0 Å². The van der Waals surface area contributed by atoms with Gasteiger partial charge in [-0.05, 0) is 48.2 Å². The second-order valence-electron chi connectivity index (χ2n) is 7.31. The average Bonchev–Trinajstić information content (AvgIpc) is 2.84. The fraction of sp³-hybridized carbons (Fsp3) is 0.107. The molecule has 0 aromatic heterocycles. The normalized spacial score (nSPS) is 10.9. The Kier molecular flexibility index (Phi) is 6.83. The molecule has 0 bridgehead atoms. The van der Waals surface area contributed by atoms with Crippen LogP contribution in [-0.4, -0.2) is 19.2 Å². The molecule has 4 aromatic rings. The van der Waals surface area contributed by atoms with E-state index in [0.717, 1.165) is 33.5 Å². The average molecular weight is 423 g/mol. The van der Waals surface area contributed by atoms with Crippen molar-refractivity contribution in [3.63, 3.8) is 0 Å². The van der Waals surface area contributed by atoms with Crippen molar-refractivity contribution in [1.29, 1.82) is 0 Å². The Morgan fingerprint density at radius 1 is 0.875 bits per heavy atom. The molecule has 0 atom stereocenters. The summed E-state index contributed by atoms with van der Waals surface area (Å²) >= 11 is 0. The van der Waals surface area contributed by atoms with Crippen molar-refractivity contribution in [2.24, 2.45) is 0 Å². The smallest absolute Gasteiger partial charge is 0.326 e. The Bertz CT molecular complexity index is 1200. The number of carbonyl (C=O) groups excluding carboxylic acids is 1. The molecular formula is C28H26N2O2. The summed E-state index contributed by atoms with van der Waals surface area (Å²) in [6.07, 6.45) is 4.02. The zero-order valence-corrected chi connectivity index (χ0v) is 18.1. The van der Waals surface area contributed by atoms with Gasteiger partial charge in [0, 0.05) is 17.6 Å². The van der Waals surface area contributed by atoms with Crippen LogP contribution in [0.1, 0.15) is 12.5 Å². The van der Waals surface area contributed by atoms with E-state index >= 15 is 0 Å². The Morgan fingerprint density at radius 2 is 1.59 bits per heavy atom. The van der Waals surface area contributed by atoms with Crippen LogP contribution >= 0.6 is 0 Å². The van der Waals surface area contributed by atoms with Gasteiger partial charge < -0.3 is 10.1 Å². The van der Waals surface area contributed by atoms with Gasteiger partial charge in [-0.15, -0.1) is 0 Å². The first-order chi connectivity index (χ1) is 15.7. The number of amides is 2. The molecule has 4 aromatic carbocycles. The summed E-state index contributed by atoms with van der Waals surface area (Å²) in [5, 5.41) is 5.19. The number of urea groups is 1. The van der Waals surface area contributed by atoms with Crippen LogP contribution in [0.3, 0.4) is 0 Å². The summed E-state index contributed by atoms with van der Waals surface area (Å²) in [6.45, 7) is 2.98. The molecule has 0 heterocycles. The second-order valence-corrected chi connectivity index (χ2v) is 7.31. The highest BCUT2D eigenvalue weighted by molar-refractivity contribution is 6.07. The van der Waals surface area contributed by atoms with Crippen LogP contribution in [0.5, 0.6) is 5.75 Å².